The van der Waals surface area contributed by atoms with E-state index in [4.69, 9.17) is 0 Å². The van der Waals surface area contributed by atoms with Crippen LogP contribution in [0.4, 0.5) is 0 Å². The zero-order valence-corrected chi connectivity index (χ0v) is 11.8. The fourth-order valence-corrected chi connectivity index (χ4v) is 2.15. The van der Waals surface area contributed by atoms with E-state index in [1.165, 1.54) is 0 Å². The maximum Gasteiger partial charge on any atom is 0.120 e. The number of hydrogen-bond donors (Lipinski definition) is 1. The van der Waals surface area contributed by atoms with Crippen molar-refractivity contribution in [2.75, 3.05) is 13.1 Å². The smallest absolute Gasteiger partial charge is 0.120 e. The molecule has 0 saturated carbocycles. The second-order valence-corrected chi connectivity index (χ2v) is 5.41. The normalized spacial score (nSPS) is 11.4. The summed E-state index contributed by atoms with van der Waals surface area (Å²) in [6.45, 7) is 9.44. The lowest BCUT2D eigenvalue weighted by molar-refractivity contribution is 0.245. The summed E-state index contributed by atoms with van der Waals surface area (Å²) >= 11 is 3.43. The molecule has 2 nitrogen and oxygen atoms in total. The highest BCUT2D eigenvalue weighted by atomic mass is 79.9. The molecule has 0 fully saturated rings. The van der Waals surface area contributed by atoms with E-state index in [1.54, 1.807) is 6.07 Å². The molecule has 0 atom stereocenters. The van der Waals surface area contributed by atoms with E-state index in [-0.39, 0.29) is 0 Å². The number of hydrogen-bond acceptors (Lipinski definition) is 2. The third kappa shape index (κ3) is 4.14. The van der Waals surface area contributed by atoms with Crippen molar-refractivity contribution < 1.29 is 5.11 Å². The zero-order chi connectivity index (χ0) is 12.1. The largest absolute Gasteiger partial charge is 0.508 e. The van der Waals surface area contributed by atoms with Gasteiger partial charge in [-0.1, -0.05) is 36.7 Å². The van der Waals surface area contributed by atoms with Gasteiger partial charge in [0.05, 0.1) is 0 Å². The summed E-state index contributed by atoms with van der Waals surface area (Å²) in [5.41, 5.74) is 0.983. The van der Waals surface area contributed by atoms with E-state index in [0.717, 1.165) is 29.7 Å². The quantitative estimate of drug-likeness (QED) is 0.893. The second kappa shape index (κ2) is 6.26. The third-order valence-corrected chi connectivity index (χ3v) is 3.00. The van der Waals surface area contributed by atoms with Crippen LogP contribution in [0, 0.1) is 5.92 Å². The van der Waals surface area contributed by atoms with Gasteiger partial charge in [-0.15, -0.1) is 0 Å². The van der Waals surface area contributed by atoms with E-state index in [1.807, 2.05) is 12.1 Å². The van der Waals surface area contributed by atoms with Gasteiger partial charge in [0, 0.05) is 23.1 Å². The molecule has 0 bridgehead atoms. The molecular formula is C13H20BrNO. The highest BCUT2D eigenvalue weighted by Crippen LogP contribution is 2.23. The Kier molecular flexibility index (Phi) is 5.29. The molecule has 0 saturated heterocycles. The van der Waals surface area contributed by atoms with Gasteiger partial charge < -0.3 is 5.11 Å². The molecule has 0 aliphatic heterocycles. The summed E-state index contributed by atoms with van der Waals surface area (Å²) in [6.07, 6.45) is 0. The Morgan fingerprint density at radius 3 is 2.62 bits per heavy atom. The minimum atomic E-state index is 0.380. The maximum absolute atomic E-state index is 9.77. The Morgan fingerprint density at radius 2 is 2.06 bits per heavy atom. The van der Waals surface area contributed by atoms with Crippen molar-refractivity contribution in [3.63, 3.8) is 0 Å². The van der Waals surface area contributed by atoms with Crippen LogP contribution in [0.5, 0.6) is 5.75 Å². The molecule has 0 radical (unpaired) electrons. The van der Waals surface area contributed by atoms with Gasteiger partial charge in [0.15, 0.2) is 0 Å². The van der Waals surface area contributed by atoms with E-state index >= 15 is 0 Å². The lowest BCUT2D eigenvalue weighted by atomic mass is 10.1. The van der Waals surface area contributed by atoms with Crippen LogP contribution in [0.2, 0.25) is 0 Å². The van der Waals surface area contributed by atoms with E-state index < -0.39 is 0 Å². The van der Waals surface area contributed by atoms with Crippen LogP contribution in [-0.4, -0.2) is 23.1 Å². The van der Waals surface area contributed by atoms with Crippen molar-refractivity contribution in [1.82, 2.24) is 4.90 Å². The predicted octanol–water partition coefficient (Wildman–Crippen LogP) is 3.63. The van der Waals surface area contributed by atoms with Crippen molar-refractivity contribution in [3.8, 4) is 5.75 Å². The third-order valence-electron chi connectivity index (χ3n) is 2.51. The Balaban J connectivity index is 2.73. The van der Waals surface area contributed by atoms with E-state index in [0.29, 0.717) is 11.7 Å². The molecule has 0 aliphatic rings. The Labute approximate surface area is 106 Å². The first-order valence-corrected chi connectivity index (χ1v) is 6.52. The number of halogens is 1. The Morgan fingerprint density at radius 1 is 1.38 bits per heavy atom. The molecule has 3 heteroatoms. The molecule has 1 rings (SSSR count). The molecule has 0 unspecified atom stereocenters. The first-order valence-electron chi connectivity index (χ1n) is 5.72. The van der Waals surface area contributed by atoms with Crippen LogP contribution in [-0.2, 0) is 6.54 Å². The molecule has 90 valence electrons. The number of aromatic hydroxyl groups is 1. The first-order chi connectivity index (χ1) is 7.52. The molecular weight excluding hydrogens is 266 g/mol. The fraction of sp³-hybridized carbons (Fsp3) is 0.538. The predicted molar refractivity (Wildman–Crippen MR) is 71.6 cm³/mol. The topological polar surface area (TPSA) is 23.5 Å². The highest BCUT2D eigenvalue weighted by molar-refractivity contribution is 9.10. The average Bonchev–Trinajstić information content (AvgIpc) is 2.21. The van der Waals surface area contributed by atoms with Crippen LogP contribution in [0.25, 0.3) is 0 Å². The van der Waals surface area contributed by atoms with Crippen molar-refractivity contribution in [1.29, 1.82) is 0 Å². The molecule has 1 aromatic carbocycles. The molecule has 1 N–H and O–H groups in total. The molecule has 0 aromatic heterocycles. The van der Waals surface area contributed by atoms with Crippen molar-refractivity contribution in [2.24, 2.45) is 5.92 Å². The number of benzene rings is 1. The van der Waals surface area contributed by atoms with Gasteiger partial charge in [-0.05, 0) is 30.7 Å². The van der Waals surface area contributed by atoms with Gasteiger partial charge in [0.2, 0.25) is 0 Å². The average molecular weight is 286 g/mol. The molecule has 0 amide bonds. The highest BCUT2D eigenvalue weighted by Gasteiger charge is 2.09. The monoisotopic (exact) mass is 285 g/mol. The molecule has 0 spiro atoms. The molecule has 16 heavy (non-hydrogen) atoms. The Hall–Kier alpha value is -0.540. The first kappa shape index (κ1) is 13.5. The molecule has 0 heterocycles. The van der Waals surface area contributed by atoms with Gasteiger partial charge in [0.1, 0.15) is 5.75 Å². The maximum atomic E-state index is 9.77. The summed E-state index contributed by atoms with van der Waals surface area (Å²) in [6, 6.07) is 5.58. The van der Waals surface area contributed by atoms with Crippen LogP contribution < -0.4 is 0 Å². The number of phenolic OH excluding ortho intramolecular Hbond substituents is 1. The molecule has 0 aliphatic carbocycles. The van der Waals surface area contributed by atoms with Crippen LogP contribution in [0.1, 0.15) is 26.3 Å². The van der Waals surface area contributed by atoms with Gasteiger partial charge in [-0.2, -0.15) is 0 Å². The number of phenols is 1. The zero-order valence-electron chi connectivity index (χ0n) is 10.2. The van der Waals surface area contributed by atoms with E-state index in [2.05, 4.69) is 41.6 Å². The SMILES string of the molecule is CCN(Cc1cc(Br)ccc1O)CC(C)C. The summed E-state index contributed by atoms with van der Waals surface area (Å²) in [5.74, 6) is 1.03. The standard InChI is InChI=1S/C13H20BrNO/c1-4-15(8-10(2)3)9-11-7-12(14)5-6-13(11)16/h5-7,10,16H,4,8-9H2,1-3H3. The van der Waals surface area contributed by atoms with Gasteiger partial charge in [0.25, 0.3) is 0 Å². The minimum absolute atomic E-state index is 0.380. The van der Waals surface area contributed by atoms with Gasteiger partial charge in [-0.25, -0.2) is 0 Å². The van der Waals surface area contributed by atoms with Crippen molar-refractivity contribution >= 4 is 15.9 Å². The number of nitrogens with zero attached hydrogens (tertiary/aromatic N) is 1. The van der Waals surface area contributed by atoms with Crippen molar-refractivity contribution in [2.45, 2.75) is 27.3 Å². The summed E-state index contributed by atoms with van der Waals surface area (Å²) < 4.78 is 1.01. The van der Waals surface area contributed by atoms with Gasteiger partial charge >= 0.3 is 0 Å². The summed E-state index contributed by atoms with van der Waals surface area (Å²) in [5, 5.41) is 9.77. The summed E-state index contributed by atoms with van der Waals surface area (Å²) in [7, 11) is 0. The van der Waals surface area contributed by atoms with Gasteiger partial charge in [-0.3, -0.25) is 4.90 Å². The lowest BCUT2D eigenvalue weighted by Gasteiger charge is -2.23. The second-order valence-electron chi connectivity index (χ2n) is 4.49. The fourth-order valence-electron chi connectivity index (χ4n) is 1.74. The van der Waals surface area contributed by atoms with Crippen LogP contribution in [0.15, 0.2) is 22.7 Å². The molecule has 1 aromatic rings. The lowest BCUT2D eigenvalue weighted by Crippen LogP contribution is -2.27. The van der Waals surface area contributed by atoms with Crippen molar-refractivity contribution in [3.05, 3.63) is 28.2 Å². The minimum Gasteiger partial charge on any atom is -0.508 e. The Bertz CT molecular complexity index is 339. The van der Waals surface area contributed by atoms with Crippen LogP contribution in [0.3, 0.4) is 0 Å². The summed E-state index contributed by atoms with van der Waals surface area (Å²) in [4.78, 5) is 2.34. The van der Waals surface area contributed by atoms with E-state index in [9.17, 15) is 5.11 Å². The number of rotatable bonds is 5. The van der Waals surface area contributed by atoms with Crippen LogP contribution >= 0.6 is 15.9 Å².